The van der Waals surface area contributed by atoms with Crippen LogP contribution >= 0.6 is 11.6 Å². The van der Waals surface area contributed by atoms with E-state index in [1.807, 2.05) is 6.07 Å². The van der Waals surface area contributed by atoms with Crippen LogP contribution in [0.15, 0.2) is 41.5 Å². The number of ether oxygens (including phenoxy) is 3. The first kappa shape index (κ1) is 17.9. The smallest absolute Gasteiger partial charge is 0.284 e. The Morgan fingerprint density at radius 1 is 1.42 bits per heavy atom. The molecule has 0 spiro atoms. The SMILES string of the molecule is CCOc1cc(/C=N\NC(=O)[C@H]2COc3ccccc3O2)cc(Cl)c1O. The lowest BCUT2D eigenvalue weighted by molar-refractivity contribution is -0.130. The summed E-state index contributed by atoms with van der Waals surface area (Å²) < 4.78 is 16.4. The topological polar surface area (TPSA) is 89.4 Å². The molecule has 2 aromatic carbocycles. The van der Waals surface area contributed by atoms with E-state index in [1.54, 1.807) is 31.2 Å². The highest BCUT2D eigenvalue weighted by molar-refractivity contribution is 6.32. The van der Waals surface area contributed by atoms with Crippen LogP contribution < -0.4 is 19.6 Å². The monoisotopic (exact) mass is 376 g/mol. The first-order chi connectivity index (χ1) is 12.6. The highest BCUT2D eigenvalue weighted by Gasteiger charge is 2.27. The summed E-state index contributed by atoms with van der Waals surface area (Å²) in [5.74, 6) is 0.775. The number of rotatable bonds is 5. The number of para-hydroxylation sites is 2. The lowest BCUT2D eigenvalue weighted by atomic mass is 10.2. The van der Waals surface area contributed by atoms with E-state index in [9.17, 15) is 9.90 Å². The van der Waals surface area contributed by atoms with Gasteiger partial charge < -0.3 is 19.3 Å². The third-order valence-corrected chi connectivity index (χ3v) is 3.83. The van der Waals surface area contributed by atoms with Crippen molar-refractivity contribution in [2.24, 2.45) is 5.10 Å². The Labute approximate surface area is 155 Å². The molecule has 1 atom stereocenters. The van der Waals surface area contributed by atoms with E-state index in [2.05, 4.69) is 10.5 Å². The van der Waals surface area contributed by atoms with Gasteiger partial charge in [-0.2, -0.15) is 5.10 Å². The number of fused-ring (bicyclic) bond motifs is 1. The molecular formula is C18H17ClN2O5. The van der Waals surface area contributed by atoms with Gasteiger partial charge in [-0.1, -0.05) is 23.7 Å². The molecule has 3 rings (SSSR count). The standard InChI is InChI=1S/C18H17ClN2O5/c1-2-24-15-8-11(7-12(19)17(15)22)9-20-21-18(23)16-10-25-13-5-3-4-6-14(13)26-16/h3-9,16,22H,2,10H2,1H3,(H,21,23)/b20-9-/t16-/m1/s1. The fraction of sp³-hybridized carbons (Fsp3) is 0.222. The summed E-state index contributed by atoms with van der Waals surface area (Å²) in [6, 6.07) is 10.2. The molecule has 1 aliphatic rings. The van der Waals surface area contributed by atoms with Gasteiger partial charge in [0.05, 0.1) is 17.8 Å². The summed E-state index contributed by atoms with van der Waals surface area (Å²) in [6.07, 6.45) is 0.591. The molecule has 0 radical (unpaired) electrons. The molecule has 136 valence electrons. The summed E-state index contributed by atoms with van der Waals surface area (Å²) in [5.41, 5.74) is 2.95. The molecule has 1 amide bonds. The van der Waals surface area contributed by atoms with Gasteiger partial charge in [0.15, 0.2) is 23.0 Å². The van der Waals surface area contributed by atoms with Crippen molar-refractivity contribution in [2.75, 3.05) is 13.2 Å². The highest BCUT2D eigenvalue weighted by atomic mass is 35.5. The summed E-state index contributed by atoms with van der Waals surface area (Å²) >= 11 is 5.95. The number of halogens is 1. The fourth-order valence-corrected chi connectivity index (χ4v) is 2.54. The molecule has 0 bridgehead atoms. The van der Waals surface area contributed by atoms with Crippen molar-refractivity contribution < 1.29 is 24.1 Å². The zero-order chi connectivity index (χ0) is 18.5. The van der Waals surface area contributed by atoms with Gasteiger partial charge in [0.25, 0.3) is 5.91 Å². The lowest BCUT2D eigenvalue weighted by Gasteiger charge is -2.24. The van der Waals surface area contributed by atoms with E-state index in [0.717, 1.165) is 0 Å². The van der Waals surface area contributed by atoms with Crippen LogP contribution in [0.25, 0.3) is 0 Å². The largest absolute Gasteiger partial charge is 0.503 e. The fourth-order valence-electron chi connectivity index (χ4n) is 2.33. The number of hydrogen-bond acceptors (Lipinski definition) is 6. The van der Waals surface area contributed by atoms with Crippen molar-refractivity contribution in [3.05, 3.63) is 47.0 Å². The van der Waals surface area contributed by atoms with Gasteiger partial charge in [-0.15, -0.1) is 0 Å². The molecule has 0 aliphatic carbocycles. The van der Waals surface area contributed by atoms with Crippen LogP contribution in [0.4, 0.5) is 0 Å². The number of benzene rings is 2. The van der Waals surface area contributed by atoms with Crippen molar-refractivity contribution >= 4 is 23.7 Å². The minimum atomic E-state index is -0.801. The second-order valence-corrected chi connectivity index (χ2v) is 5.79. The second-order valence-electron chi connectivity index (χ2n) is 5.38. The molecule has 0 saturated carbocycles. The average Bonchev–Trinajstić information content (AvgIpc) is 2.65. The third kappa shape index (κ3) is 4.00. The van der Waals surface area contributed by atoms with E-state index in [4.69, 9.17) is 25.8 Å². The predicted octanol–water partition coefficient (Wildman–Crippen LogP) is 2.73. The van der Waals surface area contributed by atoms with Crippen LogP contribution in [0.3, 0.4) is 0 Å². The molecule has 1 heterocycles. The van der Waals surface area contributed by atoms with Crippen molar-refractivity contribution in [2.45, 2.75) is 13.0 Å². The normalized spacial score (nSPS) is 15.7. The third-order valence-electron chi connectivity index (χ3n) is 3.54. The summed E-state index contributed by atoms with van der Waals surface area (Å²) in [5, 5.41) is 13.8. The molecule has 1 aliphatic heterocycles. The lowest BCUT2D eigenvalue weighted by Crippen LogP contribution is -2.42. The van der Waals surface area contributed by atoms with Gasteiger partial charge >= 0.3 is 0 Å². The molecule has 26 heavy (non-hydrogen) atoms. The number of nitrogens with zero attached hydrogens (tertiary/aromatic N) is 1. The maximum Gasteiger partial charge on any atom is 0.284 e. The first-order valence-electron chi connectivity index (χ1n) is 7.95. The molecule has 7 nitrogen and oxygen atoms in total. The van der Waals surface area contributed by atoms with Gasteiger partial charge in [0, 0.05) is 0 Å². The van der Waals surface area contributed by atoms with Crippen LogP contribution in [0.5, 0.6) is 23.0 Å². The Balaban J connectivity index is 1.63. The van der Waals surface area contributed by atoms with Gasteiger partial charge in [-0.25, -0.2) is 5.43 Å². The van der Waals surface area contributed by atoms with Gasteiger partial charge in [-0.3, -0.25) is 4.79 Å². The Hall–Kier alpha value is -2.93. The molecule has 0 unspecified atom stereocenters. The van der Waals surface area contributed by atoms with Crippen LogP contribution in [-0.4, -0.2) is 36.5 Å². The number of hydrazone groups is 1. The van der Waals surface area contributed by atoms with Gasteiger partial charge in [0.1, 0.15) is 6.61 Å². The first-order valence-corrected chi connectivity index (χ1v) is 8.33. The highest BCUT2D eigenvalue weighted by Crippen LogP contribution is 2.34. The van der Waals surface area contributed by atoms with Gasteiger partial charge in [-0.05, 0) is 36.8 Å². The molecule has 0 fully saturated rings. The van der Waals surface area contributed by atoms with Crippen LogP contribution in [0.2, 0.25) is 5.02 Å². The zero-order valence-electron chi connectivity index (χ0n) is 13.9. The number of phenols is 1. The number of carbonyl (C=O) groups is 1. The number of nitrogens with one attached hydrogen (secondary N) is 1. The number of phenolic OH excluding ortho intramolecular Hbond substituents is 1. The average molecular weight is 377 g/mol. The molecule has 2 aromatic rings. The van der Waals surface area contributed by atoms with Crippen LogP contribution in [0.1, 0.15) is 12.5 Å². The minimum Gasteiger partial charge on any atom is -0.503 e. The summed E-state index contributed by atoms with van der Waals surface area (Å²) in [7, 11) is 0. The zero-order valence-corrected chi connectivity index (χ0v) is 14.7. The second kappa shape index (κ2) is 7.97. The van der Waals surface area contributed by atoms with E-state index in [1.165, 1.54) is 12.3 Å². The van der Waals surface area contributed by atoms with E-state index in [0.29, 0.717) is 23.7 Å². The Morgan fingerprint density at radius 3 is 2.96 bits per heavy atom. The van der Waals surface area contributed by atoms with Crippen molar-refractivity contribution in [1.29, 1.82) is 0 Å². The number of amides is 1. The summed E-state index contributed by atoms with van der Waals surface area (Å²) in [6.45, 7) is 2.26. The summed E-state index contributed by atoms with van der Waals surface area (Å²) in [4.78, 5) is 12.2. The van der Waals surface area contributed by atoms with Crippen molar-refractivity contribution in [3.63, 3.8) is 0 Å². The van der Waals surface area contributed by atoms with Crippen molar-refractivity contribution in [1.82, 2.24) is 5.43 Å². The van der Waals surface area contributed by atoms with Crippen molar-refractivity contribution in [3.8, 4) is 23.0 Å². The van der Waals surface area contributed by atoms with E-state index >= 15 is 0 Å². The molecule has 0 saturated heterocycles. The predicted molar refractivity (Wildman–Crippen MR) is 96.4 cm³/mol. The maximum absolute atomic E-state index is 12.2. The molecule has 2 N–H and O–H groups in total. The van der Waals surface area contributed by atoms with Gasteiger partial charge in [0.2, 0.25) is 6.10 Å². The van der Waals surface area contributed by atoms with E-state index in [-0.39, 0.29) is 23.1 Å². The van der Waals surface area contributed by atoms with Crippen LogP contribution in [0, 0.1) is 0 Å². The van der Waals surface area contributed by atoms with E-state index < -0.39 is 12.0 Å². The number of aromatic hydroxyl groups is 1. The Morgan fingerprint density at radius 2 is 2.19 bits per heavy atom. The molecule has 8 heteroatoms. The maximum atomic E-state index is 12.2. The quantitative estimate of drug-likeness (QED) is 0.618. The Bertz CT molecular complexity index is 840. The Kier molecular flexibility index (Phi) is 5.48. The number of carbonyl (C=O) groups excluding carboxylic acids is 1. The number of hydrogen-bond donors (Lipinski definition) is 2. The molecule has 0 aromatic heterocycles. The molecular weight excluding hydrogens is 360 g/mol. The minimum absolute atomic E-state index is 0.0951. The van der Waals surface area contributed by atoms with Crippen LogP contribution in [-0.2, 0) is 4.79 Å².